The molecule has 2 aromatic rings. The average Bonchev–Trinajstić information content (AvgIpc) is 3.08. The van der Waals surface area contributed by atoms with Crippen LogP contribution >= 0.6 is 9.19 Å². The van der Waals surface area contributed by atoms with E-state index in [-0.39, 0.29) is 0 Å². The fourth-order valence-corrected chi connectivity index (χ4v) is 3.49. The van der Waals surface area contributed by atoms with Gasteiger partial charge in [0.05, 0.1) is 24.6 Å². The van der Waals surface area contributed by atoms with Crippen LogP contribution in [0.4, 0.5) is 11.4 Å². The van der Waals surface area contributed by atoms with Crippen LogP contribution < -0.4 is 9.80 Å². The maximum atomic E-state index is 5.44. The topological polar surface area (TPSA) is 19.0 Å². The molecule has 6 heteroatoms. The van der Waals surface area contributed by atoms with E-state index in [4.69, 9.17) is 4.74 Å². The first-order valence-electron chi connectivity index (χ1n) is 9.18. The second-order valence-electron chi connectivity index (χ2n) is 6.71. The van der Waals surface area contributed by atoms with Gasteiger partial charge in [-0.15, -0.1) is 0 Å². The van der Waals surface area contributed by atoms with E-state index in [0.29, 0.717) is 0 Å². The molecule has 4 nitrogen and oxygen atoms in total. The van der Waals surface area contributed by atoms with Crippen LogP contribution in [0.3, 0.4) is 0 Å². The molecule has 1 fully saturated rings. The molecule has 0 amide bonds. The van der Waals surface area contributed by atoms with Crippen LogP contribution in [-0.4, -0.2) is 44.3 Å². The van der Waals surface area contributed by atoms with Gasteiger partial charge in [-0.2, -0.15) is 0 Å². The first-order valence-corrected chi connectivity index (χ1v) is 11.1. The molecule has 0 aromatic heterocycles. The van der Waals surface area contributed by atoms with Crippen LogP contribution in [0.1, 0.15) is 11.1 Å². The van der Waals surface area contributed by atoms with Crippen LogP contribution in [0.2, 0.25) is 0 Å². The number of nitrogens with zero attached hydrogens (tertiary/aromatic N) is 3. The molecule has 4 rings (SSSR count). The Morgan fingerprint density at radius 2 is 1.56 bits per heavy atom. The molecule has 0 bridgehead atoms. The van der Waals surface area contributed by atoms with E-state index in [0.717, 1.165) is 45.9 Å². The molecular formula is C21H25AgClN3O. The normalized spacial score (nSPS) is 16.7. The summed E-state index contributed by atoms with van der Waals surface area (Å²) in [4.78, 5) is 6.98. The second kappa shape index (κ2) is 10.5. The van der Waals surface area contributed by atoms with Gasteiger partial charge in [0, 0.05) is 32.7 Å². The Hall–Kier alpha value is -1.01. The summed E-state index contributed by atoms with van der Waals surface area (Å²) in [5.74, 6) is 0. The molecule has 1 saturated heterocycles. The van der Waals surface area contributed by atoms with Crippen LogP contribution in [0.25, 0.3) is 0 Å². The SMILES string of the molecule is Cc1ccccc1CN1[C]N(CCN2CCOCC2)c2ccccc21.[Cl][Ag]. The number of ether oxygens (including phenoxy) is 1. The van der Waals surface area contributed by atoms with Crippen molar-refractivity contribution in [3.63, 3.8) is 0 Å². The fraction of sp³-hybridized carbons (Fsp3) is 0.381. The minimum atomic E-state index is 0.851. The summed E-state index contributed by atoms with van der Waals surface area (Å²) >= 11 is 2.42. The van der Waals surface area contributed by atoms with Crippen molar-refractivity contribution in [1.29, 1.82) is 0 Å². The number of fused-ring (bicyclic) bond motifs is 1. The van der Waals surface area contributed by atoms with Gasteiger partial charge < -0.3 is 14.5 Å². The van der Waals surface area contributed by atoms with Crippen LogP contribution in [0.15, 0.2) is 48.5 Å². The molecule has 2 heterocycles. The van der Waals surface area contributed by atoms with Gasteiger partial charge in [0.2, 0.25) is 6.67 Å². The number of morpholine rings is 1. The molecule has 2 aromatic carbocycles. The van der Waals surface area contributed by atoms with Crippen molar-refractivity contribution in [2.24, 2.45) is 0 Å². The monoisotopic (exact) mass is 477 g/mol. The van der Waals surface area contributed by atoms with Gasteiger partial charge in [0.15, 0.2) is 0 Å². The molecule has 2 radical (unpaired) electrons. The van der Waals surface area contributed by atoms with Gasteiger partial charge in [-0.1, -0.05) is 36.4 Å². The first kappa shape index (κ1) is 20.7. The quantitative estimate of drug-likeness (QED) is 0.608. The summed E-state index contributed by atoms with van der Waals surface area (Å²) in [6.45, 7) is 12.4. The Bertz CT molecular complexity index is 724. The maximum absolute atomic E-state index is 5.44. The van der Waals surface area contributed by atoms with Crippen molar-refractivity contribution in [2.75, 3.05) is 49.2 Å². The Morgan fingerprint density at radius 3 is 2.26 bits per heavy atom. The first-order chi connectivity index (χ1) is 13.3. The van der Waals surface area contributed by atoms with Gasteiger partial charge in [0.1, 0.15) is 0 Å². The number of aryl methyl sites for hydroxylation is 1. The van der Waals surface area contributed by atoms with E-state index < -0.39 is 0 Å². The molecule has 0 saturated carbocycles. The third-order valence-electron chi connectivity index (χ3n) is 5.04. The summed E-state index contributed by atoms with van der Waals surface area (Å²) in [6, 6.07) is 17.2. The van der Waals surface area contributed by atoms with Gasteiger partial charge in [-0.3, -0.25) is 4.90 Å². The van der Waals surface area contributed by atoms with Crippen molar-refractivity contribution >= 4 is 20.6 Å². The molecule has 0 atom stereocenters. The Labute approximate surface area is 178 Å². The van der Waals surface area contributed by atoms with Crippen LogP contribution in [0, 0.1) is 13.6 Å². The number of anilines is 2. The molecule has 0 unspecified atom stereocenters. The molecule has 148 valence electrons. The Morgan fingerprint density at radius 1 is 0.926 bits per heavy atom. The predicted molar refractivity (Wildman–Crippen MR) is 108 cm³/mol. The van der Waals surface area contributed by atoms with E-state index in [1.165, 1.54) is 22.5 Å². The van der Waals surface area contributed by atoms with Crippen molar-refractivity contribution in [3.8, 4) is 0 Å². The molecule has 2 aliphatic rings. The van der Waals surface area contributed by atoms with Crippen molar-refractivity contribution < 1.29 is 24.7 Å². The second-order valence-corrected chi connectivity index (χ2v) is 6.71. The number of benzene rings is 2. The Balaban J connectivity index is 0.00000102. The zero-order chi connectivity index (χ0) is 19.1. The molecular weight excluding hydrogens is 454 g/mol. The number of halogens is 1. The summed E-state index contributed by atoms with van der Waals surface area (Å²) < 4.78 is 5.44. The number of hydrogen-bond acceptors (Lipinski definition) is 4. The van der Waals surface area contributed by atoms with Crippen LogP contribution in [0.5, 0.6) is 0 Å². The van der Waals surface area contributed by atoms with E-state index in [9.17, 15) is 0 Å². The summed E-state index contributed by atoms with van der Waals surface area (Å²) in [5, 5.41) is 0. The van der Waals surface area contributed by atoms with Crippen LogP contribution in [-0.2, 0) is 31.3 Å². The summed E-state index contributed by atoms with van der Waals surface area (Å²) in [5.41, 5.74) is 5.17. The van der Waals surface area contributed by atoms with Gasteiger partial charge in [0.25, 0.3) is 0 Å². The van der Waals surface area contributed by atoms with Crippen molar-refractivity contribution in [1.82, 2.24) is 4.90 Å². The predicted octanol–water partition coefficient (Wildman–Crippen LogP) is 3.84. The van der Waals surface area contributed by atoms with Crippen molar-refractivity contribution in [3.05, 3.63) is 66.3 Å². The molecule has 0 N–H and O–H groups in total. The molecule has 2 aliphatic heterocycles. The average molecular weight is 479 g/mol. The van der Waals surface area contributed by atoms with Crippen molar-refractivity contribution in [2.45, 2.75) is 13.5 Å². The molecule has 0 aliphatic carbocycles. The third kappa shape index (κ3) is 5.29. The van der Waals surface area contributed by atoms with E-state index in [1.807, 2.05) is 0 Å². The number of para-hydroxylation sites is 2. The summed E-state index contributed by atoms with van der Waals surface area (Å²) in [6.07, 6.45) is 0. The van der Waals surface area contributed by atoms with E-state index in [2.05, 4.69) is 106 Å². The van der Waals surface area contributed by atoms with E-state index >= 15 is 0 Å². The van der Waals surface area contributed by atoms with Gasteiger partial charge in [-0.25, -0.2) is 0 Å². The number of rotatable bonds is 5. The summed E-state index contributed by atoms with van der Waals surface area (Å²) in [7, 11) is 4.45. The zero-order valence-electron chi connectivity index (χ0n) is 15.5. The molecule has 0 spiro atoms. The van der Waals surface area contributed by atoms with Gasteiger partial charge >= 0.3 is 29.2 Å². The minimum absolute atomic E-state index is 0.851. The number of hydrogen-bond donors (Lipinski definition) is 0. The zero-order valence-corrected chi connectivity index (χ0v) is 17.7. The fourth-order valence-electron chi connectivity index (χ4n) is 3.49. The van der Waals surface area contributed by atoms with Gasteiger partial charge in [-0.05, 0) is 30.2 Å². The Kier molecular flexibility index (Phi) is 8.07. The van der Waals surface area contributed by atoms with E-state index in [1.54, 1.807) is 0 Å². The molecule has 27 heavy (non-hydrogen) atoms. The third-order valence-corrected chi connectivity index (χ3v) is 5.04. The standard InChI is InChI=1S/C21H25N3O.Ag.ClH/c1-18-6-2-3-7-19(18)16-24-17-23(20-8-4-5-9-21(20)24)11-10-22-12-14-25-15-13-22;;/h2-9H,10-16H2,1H3;;1H/q;+1;/p-1.